The molecule has 2 rings (SSSR count). The first-order valence-corrected chi connectivity index (χ1v) is 10.2. The van der Waals surface area contributed by atoms with Crippen LogP contribution >= 0.6 is 39.9 Å². The molecule has 0 bridgehead atoms. The minimum atomic E-state index is -0.117. The van der Waals surface area contributed by atoms with Crippen LogP contribution in [0.25, 0.3) is 0 Å². The number of rotatable bonds is 7. The van der Waals surface area contributed by atoms with E-state index in [1.54, 1.807) is 12.1 Å². The molecule has 1 heterocycles. The van der Waals surface area contributed by atoms with Crippen molar-refractivity contribution in [3.05, 3.63) is 34.3 Å². The summed E-state index contributed by atoms with van der Waals surface area (Å²) in [5.74, 6) is 0.787. The molecule has 1 aromatic carbocycles. The summed E-state index contributed by atoms with van der Waals surface area (Å²) in [6.45, 7) is 7.06. The first-order valence-electron chi connectivity index (χ1n) is 9.39. The van der Waals surface area contributed by atoms with E-state index >= 15 is 0 Å². The van der Waals surface area contributed by atoms with E-state index in [-0.39, 0.29) is 41.8 Å². The Bertz CT molecular complexity index is 686. The second kappa shape index (κ2) is 13.0. The SMILES string of the molecule is CCNC(=NCCNC(=O)c1cccc(Br)c1)NC1CCN(C(=O)CC)C1.I. The van der Waals surface area contributed by atoms with Crippen LogP contribution in [0.15, 0.2) is 33.7 Å². The summed E-state index contributed by atoms with van der Waals surface area (Å²) in [6.07, 6.45) is 1.45. The quantitative estimate of drug-likeness (QED) is 0.205. The number of hydrogen-bond donors (Lipinski definition) is 3. The molecule has 9 heteroatoms. The van der Waals surface area contributed by atoms with Crippen molar-refractivity contribution in [2.75, 3.05) is 32.7 Å². The van der Waals surface area contributed by atoms with Gasteiger partial charge in [-0.1, -0.05) is 28.9 Å². The Balaban J connectivity index is 0.00000392. The van der Waals surface area contributed by atoms with Crippen LogP contribution in [0.4, 0.5) is 0 Å². The molecule has 1 unspecified atom stereocenters. The molecule has 1 aromatic rings. The zero-order valence-electron chi connectivity index (χ0n) is 16.3. The van der Waals surface area contributed by atoms with Gasteiger partial charge in [-0.3, -0.25) is 14.6 Å². The monoisotopic (exact) mass is 565 g/mol. The van der Waals surface area contributed by atoms with Crippen LogP contribution in [0.3, 0.4) is 0 Å². The highest BCUT2D eigenvalue weighted by atomic mass is 127. The molecule has 1 aliphatic heterocycles. The van der Waals surface area contributed by atoms with Gasteiger partial charge in [0.05, 0.1) is 6.54 Å². The number of carbonyl (C=O) groups excluding carboxylic acids is 2. The molecule has 0 aliphatic carbocycles. The molecule has 3 N–H and O–H groups in total. The molecular weight excluding hydrogens is 537 g/mol. The Kier molecular flexibility index (Phi) is 11.4. The number of likely N-dealkylation sites (tertiary alicyclic amines) is 1. The minimum Gasteiger partial charge on any atom is -0.357 e. The van der Waals surface area contributed by atoms with Gasteiger partial charge in [0, 0.05) is 48.7 Å². The third-order valence-corrected chi connectivity index (χ3v) is 4.78. The number of halogens is 2. The van der Waals surface area contributed by atoms with E-state index in [1.165, 1.54) is 0 Å². The maximum absolute atomic E-state index is 12.1. The summed E-state index contributed by atoms with van der Waals surface area (Å²) in [6, 6.07) is 7.48. The maximum atomic E-state index is 12.1. The van der Waals surface area contributed by atoms with Crippen molar-refractivity contribution in [1.29, 1.82) is 0 Å². The molecule has 1 fully saturated rings. The van der Waals surface area contributed by atoms with E-state index in [9.17, 15) is 9.59 Å². The fourth-order valence-corrected chi connectivity index (χ4v) is 3.31. The first kappa shape index (κ1) is 24.7. The van der Waals surface area contributed by atoms with Crippen molar-refractivity contribution < 1.29 is 9.59 Å². The second-order valence-electron chi connectivity index (χ2n) is 6.35. The van der Waals surface area contributed by atoms with Gasteiger partial charge in [0.15, 0.2) is 5.96 Å². The molecule has 0 radical (unpaired) electrons. The molecule has 7 nitrogen and oxygen atoms in total. The van der Waals surface area contributed by atoms with Gasteiger partial charge < -0.3 is 20.9 Å². The van der Waals surface area contributed by atoms with E-state index in [4.69, 9.17) is 0 Å². The fourth-order valence-electron chi connectivity index (χ4n) is 2.91. The van der Waals surface area contributed by atoms with E-state index < -0.39 is 0 Å². The molecule has 0 spiro atoms. The van der Waals surface area contributed by atoms with Crippen LogP contribution < -0.4 is 16.0 Å². The summed E-state index contributed by atoms with van der Waals surface area (Å²) >= 11 is 3.36. The smallest absolute Gasteiger partial charge is 0.251 e. The lowest BCUT2D eigenvalue weighted by atomic mass is 10.2. The number of amides is 2. The summed E-state index contributed by atoms with van der Waals surface area (Å²) in [5.41, 5.74) is 0.616. The van der Waals surface area contributed by atoms with Crippen LogP contribution in [-0.2, 0) is 4.79 Å². The molecule has 1 aliphatic rings. The van der Waals surface area contributed by atoms with Gasteiger partial charge in [-0.15, -0.1) is 24.0 Å². The third-order valence-electron chi connectivity index (χ3n) is 4.28. The minimum absolute atomic E-state index is 0. The summed E-state index contributed by atoms with van der Waals surface area (Å²) in [5, 5.41) is 9.46. The Morgan fingerprint density at radius 2 is 2.07 bits per heavy atom. The normalized spacial score (nSPS) is 16.3. The number of benzene rings is 1. The average Bonchev–Trinajstić information content (AvgIpc) is 3.13. The fraction of sp³-hybridized carbons (Fsp3) is 0.526. The van der Waals surface area contributed by atoms with Crippen LogP contribution in [0.2, 0.25) is 0 Å². The Hall–Kier alpha value is -1.36. The van der Waals surface area contributed by atoms with Gasteiger partial charge in [-0.05, 0) is 31.5 Å². The highest BCUT2D eigenvalue weighted by Gasteiger charge is 2.25. The zero-order valence-corrected chi connectivity index (χ0v) is 20.2. The molecular formula is C19H29BrIN5O2. The van der Waals surface area contributed by atoms with Crippen molar-refractivity contribution in [2.45, 2.75) is 32.7 Å². The van der Waals surface area contributed by atoms with Crippen molar-refractivity contribution in [3.8, 4) is 0 Å². The number of nitrogens with zero attached hydrogens (tertiary/aromatic N) is 2. The first-order chi connectivity index (χ1) is 13.0. The lowest BCUT2D eigenvalue weighted by Crippen LogP contribution is -2.45. The molecule has 156 valence electrons. The molecule has 28 heavy (non-hydrogen) atoms. The van der Waals surface area contributed by atoms with Crippen molar-refractivity contribution in [2.24, 2.45) is 4.99 Å². The van der Waals surface area contributed by atoms with Gasteiger partial charge in [0.25, 0.3) is 5.91 Å². The maximum Gasteiger partial charge on any atom is 0.251 e. The predicted molar refractivity (Wildman–Crippen MR) is 126 cm³/mol. The number of carbonyl (C=O) groups is 2. The lowest BCUT2D eigenvalue weighted by Gasteiger charge is -2.18. The van der Waals surface area contributed by atoms with E-state index in [0.717, 1.165) is 24.0 Å². The van der Waals surface area contributed by atoms with Crippen LogP contribution in [0, 0.1) is 0 Å². The van der Waals surface area contributed by atoms with Gasteiger partial charge >= 0.3 is 0 Å². The van der Waals surface area contributed by atoms with Crippen LogP contribution in [0.1, 0.15) is 37.0 Å². The second-order valence-corrected chi connectivity index (χ2v) is 7.27. The molecule has 2 amide bonds. The van der Waals surface area contributed by atoms with Gasteiger partial charge in [0.1, 0.15) is 0 Å². The number of hydrogen-bond acceptors (Lipinski definition) is 3. The number of guanidine groups is 1. The number of nitrogens with one attached hydrogen (secondary N) is 3. The Morgan fingerprint density at radius 1 is 1.29 bits per heavy atom. The van der Waals surface area contributed by atoms with E-state index in [1.807, 2.05) is 30.9 Å². The molecule has 1 atom stereocenters. The van der Waals surface area contributed by atoms with Crippen LogP contribution in [-0.4, -0.2) is 61.4 Å². The zero-order chi connectivity index (χ0) is 19.6. The van der Waals surface area contributed by atoms with E-state index in [0.29, 0.717) is 37.6 Å². The predicted octanol–water partition coefficient (Wildman–Crippen LogP) is 2.36. The summed E-state index contributed by atoms with van der Waals surface area (Å²) in [4.78, 5) is 30.3. The highest BCUT2D eigenvalue weighted by Crippen LogP contribution is 2.11. The molecule has 0 aromatic heterocycles. The Labute approximate surface area is 192 Å². The van der Waals surface area contributed by atoms with E-state index in [2.05, 4.69) is 36.9 Å². The average molecular weight is 566 g/mol. The van der Waals surface area contributed by atoms with Crippen molar-refractivity contribution in [3.63, 3.8) is 0 Å². The van der Waals surface area contributed by atoms with Gasteiger partial charge in [0.2, 0.25) is 5.91 Å². The molecule has 1 saturated heterocycles. The highest BCUT2D eigenvalue weighted by molar-refractivity contribution is 14.0. The van der Waals surface area contributed by atoms with Crippen molar-refractivity contribution >= 4 is 57.7 Å². The lowest BCUT2D eigenvalue weighted by molar-refractivity contribution is -0.129. The van der Waals surface area contributed by atoms with Gasteiger partial charge in [-0.2, -0.15) is 0 Å². The topological polar surface area (TPSA) is 85.8 Å². The number of aliphatic imine (C=N–C) groups is 1. The summed E-state index contributed by atoms with van der Waals surface area (Å²) in [7, 11) is 0. The van der Waals surface area contributed by atoms with Gasteiger partial charge in [-0.25, -0.2) is 0 Å². The summed E-state index contributed by atoms with van der Waals surface area (Å²) < 4.78 is 0.874. The van der Waals surface area contributed by atoms with Crippen LogP contribution in [0.5, 0.6) is 0 Å². The third kappa shape index (κ3) is 7.94. The Morgan fingerprint density at radius 3 is 2.75 bits per heavy atom. The van der Waals surface area contributed by atoms with Crippen molar-refractivity contribution in [1.82, 2.24) is 20.9 Å². The largest absolute Gasteiger partial charge is 0.357 e. The molecule has 0 saturated carbocycles. The standard InChI is InChI=1S/C19H28BrN5O2.HI/c1-3-17(26)25-11-8-16(13-25)24-19(21-4-2)23-10-9-22-18(27)14-6-5-7-15(20)12-14;/h5-7,12,16H,3-4,8-11,13H2,1-2H3,(H,22,27)(H2,21,23,24);1H.